The molecular weight excluding hydrogens is 319 g/mol. The summed E-state index contributed by atoms with van der Waals surface area (Å²) in [6.45, 7) is 0. The summed E-state index contributed by atoms with van der Waals surface area (Å²) in [4.78, 5) is 25.1. The summed E-state index contributed by atoms with van der Waals surface area (Å²) in [5, 5.41) is -0.132. The molecule has 0 saturated carbocycles. The Balaban J connectivity index is 2.19. The average molecular weight is 326 g/mol. The second kappa shape index (κ2) is 4.84. The highest BCUT2D eigenvalue weighted by atomic mass is 35.5. The maximum atomic E-state index is 13.2. The van der Waals surface area contributed by atoms with Crippen molar-refractivity contribution in [3.05, 3.63) is 64.2 Å². The van der Waals surface area contributed by atoms with Crippen molar-refractivity contribution in [2.75, 3.05) is 4.90 Å². The van der Waals surface area contributed by atoms with Crippen LogP contribution in [0.15, 0.2) is 42.5 Å². The van der Waals surface area contributed by atoms with Gasteiger partial charge in [0, 0.05) is 5.02 Å². The summed E-state index contributed by atoms with van der Waals surface area (Å²) in [6.07, 6.45) is -4.74. The van der Waals surface area contributed by atoms with E-state index in [9.17, 15) is 22.8 Å². The maximum Gasteiger partial charge on any atom is 0.418 e. The molecule has 0 aliphatic carbocycles. The second-order valence-electron chi connectivity index (χ2n) is 4.65. The quantitative estimate of drug-likeness (QED) is 0.738. The first-order chi connectivity index (χ1) is 10.3. The molecule has 2 aromatic rings. The Morgan fingerprint density at radius 2 is 1.45 bits per heavy atom. The predicted octanol–water partition coefficient (Wildman–Crippen LogP) is 4.16. The van der Waals surface area contributed by atoms with Gasteiger partial charge in [-0.05, 0) is 30.3 Å². The number of anilines is 1. The van der Waals surface area contributed by atoms with Crippen LogP contribution < -0.4 is 4.90 Å². The van der Waals surface area contributed by atoms with Gasteiger partial charge in [0.05, 0.1) is 22.4 Å². The number of alkyl halides is 3. The lowest BCUT2D eigenvalue weighted by atomic mass is 10.1. The van der Waals surface area contributed by atoms with Gasteiger partial charge < -0.3 is 0 Å². The molecule has 0 atom stereocenters. The number of carbonyl (C=O) groups is 2. The first-order valence-corrected chi connectivity index (χ1v) is 6.53. The molecule has 1 aliphatic rings. The highest BCUT2D eigenvalue weighted by Gasteiger charge is 2.42. The topological polar surface area (TPSA) is 37.4 Å². The molecule has 3 rings (SSSR count). The molecule has 2 amide bonds. The summed E-state index contributed by atoms with van der Waals surface area (Å²) in [6, 6.07) is 8.81. The Labute approximate surface area is 127 Å². The molecule has 1 heterocycles. The largest absolute Gasteiger partial charge is 0.418 e. The molecule has 1 aliphatic heterocycles. The summed E-state index contributed by atoms with van der Waals surface area (Å²) < 4.78 is 39.5. The van der Waals surface area contributed by atoms with E-state index >= 15 is 0 Å². The van der Waals surface area contributed by atoms with E-state index in [1.54, 1.807) is 12.1 Å². The van der Waals surface area contributed by atoms with E-state index in [1.165, 1.54) is 18.2 Å². The van der Waals surface area contributed by atoms with E-state index in [2.05, 4.69) is 0 Å². The number of fused-ring (bicyclic) bond motifs is 1. The van der Waals surface area contributed by atoms with E-state index in [-0.39, 0.29) is 16.1 Å². The van der Waals surface area contributed by atoms with Gasteiger partial charge in [0.2, 0.25) is 0 Å². The van der Waals surface area contributed by atoms with Crippen LogP contribution >= 0.6 is 11.6 Å². The van der Waals surface area contributed by atoms with Crippen LogP contribution in [0.2, 0.25) is 5.02 Å². The molecule has 0 spiro atoms. The lowest BCUT2D eigenvalue weighted by Crippen LogP contribution is -2.31. The first-order valence-electron chi connectivity index (χ1n) is 6.15. The fourth-order valence-electron chi connectivity index (χ4n) is 2.34. The lowest BCUT2D eigenvalue weighted by molar-refractivity contribution is -0.137. The fraction of sp³-hybridized carbons (Fsp3) is 0.0667. The first kappa shape index (κ1) is 14.6. The highest BCUT2D eigenvalue weighted by Crippen LogP contribution is 2.40. The van der Waals surface area contributed by atoms with Crippen molar-refractivity contribution < 1.29 is 22.8 Å². The van der Waals surface area contributed by atoms with E-state index in [0.29, 0.717) is 11.0 Å². The zero-order chi connectivity index (χ0) is 16.1. The van der Waals surface area contributed by atoms with Crippen LogP contribution in [0.4, 0.5) is 18.9 Å². The Hall–Kier alpha value is -2.34. The van der Waals surface area contributed by atoms with Crippen molar-refractivity contribution in [3.63, 3.8) is 0 Å². The zero-order valence-electron chi connectivity index (χ0n) is 10.8. The molecule has 7 heteroatoms. The molecule has 0 radical (unpaired) electrons. The molecule has 2 aromatic carbocycles. The van der Waals surface area contributed by atoms with Crippen molar-refractivity contribution >= 4 is 29.1 Å². The third-order valence-corrected chi connectivity index (χ3v) is 3.53. The van der Waals surface area contributed by atoms with Crippen molar-refractivity contribution in [3.8, 4) is 0 Å². The van der Waals surface area contributed by atoms with Gasteiger partial charge in [0.25, 0.3) is 11.8 Å². The van der Waals surface area contributed by atoms with Gasteiger partial charge in [-0.25, -0.2) is 4.90 Å². The maximum absolute atomic E-state index is 13.2. The van der Waals surface area contributed by atoms with E-state index in [0.717, 1.165) is 6.07 Å². The molecule has 22 heavy (non-hydrogen) atoms. The van der Waals surface area contributed by atoms with Gasteiger partial charge in [-0.15, -0.1) is 0 Å². The van der Waals surface area contributed by atoms with Gasteiger partial charge in [-0.2, -0.15) is 13.2 Å². The smallest absolute Gasteiger partial charge is 0.268 e. The monoisotopic (exact) mass is 325 g/mol. The number of hydrogen-bond donors (Lipinski definition) is 0. The minimum atomic E-state index is -4.74. The van der Waals surface area contributed by atoms with Gasteiger partial charge in [-0.1, -0.05) is 23.7 Å². The Morgan fingerprint density at radius 3 is 1.95 bits per heavy atom. The number of rotatable bonds is 1. The van der Waals surface area contributed by atoms with Gasteiger partial charge in [0.15, 0.2) is 0 Å². The van der Waals surface area contributed by atoms with Crippen LogP contribution in [0, 0.1) is 0 Å². The number of imide groups is 1. The van der Waals surface area contributed by atoms with Gasteiger partial charge >= 0.3 is 6.18 Å². The fourth-order valence-corrected chi connectivity index (χ4v) is 2.51. The number of benzene rings is 2. The molecule has 0 N–H and O–H groups in total. The summed E-state index contributed by atoms with van der Waals surface area (Å²) >= 11 is 5.60. The zero-order valence-corrected chi connectivity index (χ0v) is 11.6. The van der Waals surface area contributed by atoms with Gasteiger partial charge in [-0.3, -0.25) is 9.59 Å². The van der Waals surface area contributed by atoms with Gasteiger partial charge in [0.1, 0.15) is 0 Å². The molecular formula is C15H7ClF3NO2. The summed E-state index contributed by atoms with van der Waals surface area (Å²) in [7, 11) is 0. The number of nitrogens with zero attached hydrogens (tertiary/aromatic N) is 1. The number of amides is 2. The number of halogens is 4. The van der Waals surface area contributed by atoms with Crippen LogP contribution in [0.25, 0.3) is 0 Å². The molecule has 0 unspecified atom stereocenters. The highest BCUT2D eigenvalue weighted by molar-refractivity contribution is 6.35. The normalized spacial score (nSPS) is 14.5. The van der Waals surface area contributed by atoms with E-state index < -0.39 is 29.2 Å². The molecule has 0 saturated heterocycles. The Bertz CT molecular complexity index is 767. The molecule has 112 valence electrons. The molecule has 3 nitrogen and oxygen atoms in total. The lowest BCUT2D eigenvalue weighted by Gasteiger charge is -2.19. The number of carbonyl (C=O) groups excluding carboxylic acids is 2. The van der Waals surface area contributed by atoms with Crippen molar-refractivity contribution in [1.29, 1.82) is 0 Å². The van der Waals surface area contributed by atoms with E-state index in [4.69, 9.17) is 11.6 Å². The minimum Gasteiger partial charge on any atom is -0.268 e. The third kappa shape index (κ3) is 2.16. The predicted molar refractivity (Wildman–Crippen MR) is 74.0 cm³/mol. The molecule has 0 aromatic heterocycles. The Kier molecular flexibility index (Phi) is 3.21. The van der Waals surface area contributed by atoms with Crippen LogP contribution in [-0.2, 0) is 6.18 Å². The van der Waals surface area contributed by atoms with Crippen LogP contribution in [0.3, 0.4) is 0 Å². The number of hydrogen-bond acceptors (Lipinski definition) is 2. The second-order valence-corrected chi connectivity index (χ2v) is 5.09. The molecule has 0 fully saturated rings. The van der Waals surface area contributed by atoms with Crippen molar-refractivity contribution in [1.82, 2.24) is 0 Å². The van der Waals surface area contributed by atoms with E-state index in [1.807, 2.05) is 0 Å². The third-order valence-electron chi connectivity index (χ3n) is 3.30. The van der Waals surface area contributed by atoms with Crippen LogP contribution in [-0.4, -0.2) is 11.8 Å². The average Bonchev–Trinajstić information content (AvgIpc) is 2.71. The summed E-state index contributed by atoms with van der Waals surface area (Å²) in [5.74, 6) is -1.57. The Morgan fingerprint density at radius 1 is 0.909 bits per heavy atom. The standard InChI is InChI=1S/C15H7ClF3NO2/c16-8-5-6-12(11(7-8)15(17,18)19)20-13(21)9-3-1-2-4-10(9)14(20)22/h1-7H. The SMILES string of the molecule is O=C1c2ccccc2C(=O)N1c1ccc(Cl)cc1C(F)(F)F. The van der Waals surface area contributed by atoms with Crippen molar-refractivity contribution in [2.45, 2.75) is 6.18 Å². The van der Waals surface area contributed by atoms with Crippen LogP contribution in [0.5, 0.6) is 0 Å². The minimum absolute atomic E-state index is 0.0792. The molecule has 0 bridgehead atoms. The van der Waals surface area contributed by atoms with Crippen LogP contribution in [0.1, 0.15) is 26.3 Å². The van der Waals surface area contributed by atoms with Crippen molar-refractivity contribution in [2.24, 2.45) is 0 Å². The summed E-state index contributed by atoms with van der Waals surface area (Å²) in [5.41, 5.74) is -1.50.